The zero-order valence-corrected chi connectivity index (χ0v) is 14.7. The predicted octanol–water partition coefficient (Wildman–Crippen LogP) is 4.52. The van der Waals surface area contributed by atoms with Gasteiger partial charge in [-0.3, -0.25) is 4.90 Å². The molecule has 0 aliphatic carbocycles. The van der Waals surface area contributed by atoms with Crippen molar-refractivity contribution in [2.45, 2.75) is 25.1 Å². The summed E-state index contributed by atoms with van der Waals surface area (Å²) in [6.45, 7) is 2.02. The Morgan fingerprint density at radius 2 is 2.04 bits per heavy atom. The van der Waals surface area contributed by atoms with Gasteiger partial charge in [-0.05, 0) is 61.6 Å². The molecule has 2 bridgehead atoms. The first-order chi connectivity index (χ1) is 11.0. The number of rotatable bonds is 1. The fourth-order valence-electron chi connectivity index (χ4n) is 3.33. The first-order valence-corrected chi connectivity index (χ1v) is 8.51. The van der Waals surface area contributed by atoms with E-state index < -0.39 is 5.72 Å². The molecule has 1 fully saturated rings. The number of benzene rings is 2. The molecule has 3 nitrogen and oxygen atoms in total. The highest BCUT2D eigenvalue weighted by molar-refractivity contribution is 9.10. The van der Waals surface area contributed by atoms with Crippen LogP contribution in [-0.2, 0) is 0 Å². The van der Waals surface area contributed by atoms with Gasteiger partial charge < -0.3 is 10.1 Å². The quantitative estimate of drug-likeness (QED) is 0.720. The molecule has 118 valence electrons. The van der Waals surface area contributed by atoms with E-state index in [0.717, 1.165) is 15.7 Å². The zero-order chi connectivity index (χ0) is 16.2. The molecule has 2 aliphatic rings. The minimum absolute atomic E-state index is 0.0429. The summed E-state index contributed by atoms with van der Waals surface area (Å²) in [5.74, 6) is 0.432. The van der Waals surface area contributed by atoms with Gasteiger partial charge >= 0.3 is 0 Å². The van der Waals surface area contributed by atoms with Crippen molar-refractivity contribution in [3.8, 4) is 5.75 Å². The second-order valence-electron chi connectivity index (χ2n) is 5.98. The third kappa shape index (κ3) is 2.40. The van der Waals surface area contributed by atoms with Gasteiger partial charge in [0, 0.05) is 22.1 Å². The van der Waals surface area contributed by atoms with Crippen LogP contribution in [0.5, 0.6) is 5.75 Å². The van der Waals surface area contributed by atoms with Crippen LogP contribution in [0.3, 0.4) is 0 Å². The molecule has 0 aromatic heterocycles. The van der Waals surface area contributed by atoms with E-state index >= 15 is 0 Å². The molecule has 6 heteroatoms. The third-order valence-corrected chi connectivity index (χ3v) is 5.15. The number of ether oxygens (including phenoxy) is 1. The van der Waals surface area contributed by atoms with E-state index in [1.807, 2.05) is 36.1 Å². The Kier molecular flexibility index (Phi) is 3.35. The summed E-state index contributed by atoms with van der Waals surface area (Å²) in [7, 11) is 0. The van der Waals surface area contributed by atoms with E-state index in [2.05, 4.69) is 21.2 Å². The summed E-state index contributed by atoms with van der Waals surface area (Å²) in [6.07, 6.45) is 0.680. The van der Waals surface area contributed by atoms with Crippen molar-refractivity contribution in [2.75, 3.05) is 4.90 Å². The summed E-state index contributed by atoms with van der Waals surface area (Å²) < 4.78 is 20.8. The summed E-state index contributed by atoms with van der Waals surface area (Å²) in [5, 5.41) is 3.90. The Morgan fingerprint density at radius 1 is 1.30 bits per heavy atom. The summed E-state index contributed by atoms with van der Waals surface area (Å²) in [6, 6.07) is 12.5. The zero-order valence-electron chi connectivity index (χ0n) is 12.3. The van der Waals surface area contributed by atoms with Crippen LogP contribution in [0.1, 0.15) is 24.9 Å². The number of nitrogens with one attached hydrogen (secondary N) is 1. The van der Waals surface area contributed by atoms with Gasteiger partial charge in [0.25, 0.3) is 0 Å². The Bertz CT molecular complexity index is 798. The number of halogens is 2. The van der Waals surface area contributed by atoms with E-state index in [0.29, 0.717) is 17.3 Å². The van der Waals surface area contributed by atoms with Crippen LogP contribution in [0.2, 0.25) is 0 Å². The lowest BCUT2D eigenvalue weighted by atomic mass is 9.90. The molecule has 2 aromatic carbocycles. The van der Waals surface area contributed by atoms with Gasteiger partial charge in [0.2, 0.25) is 0 Å². The van der Waals surface area contributed by atoms with Crippen LogP contribution in [-0.4, -0.2) is 10.8 Å². The van der Waals surface area contributed by atoms with E-state index in [1.54, 1.807) is 6.07 Å². The smallest absolute Gasteiger partial charge is 0.188 e. The lowest BCUT2D eigenvalue weighted by molar-refractivity contribution is 0.0495. The molecule has 2 aromatic rings. The summed E-state index contributed by atoms with van der Waals surface area (Å²) >= 11 is 9.00. The van der Waals surface area contributed by atoms with Gasteiger partial charge in [-0.2, -0.15) is 0 Å². The molecule has 2 aliphatic heterocycles. The lowest BCUT2D eigenvalue weighted by Gasteiger charge is -2.52. The van der Waals surface area contributed by atoms with Gasteiger partial charge in [-0.15, -0.1) is 0 Å². The number of hydrogen-bond acceptors (Lipinski definition) is 2. The van der Waals surface area contributed by atoms with Crippen LogP contribution in [0, 0.1) is 5.82 Å². The summed E-state index contributed by atoms with van der Waals surface area (Å²) in [4.78, 5) is 1.98. The van der Waals surface area contributed by atoms with Crippen molar-refractivity contribution < 1.29 is 9.13 Å². The maximum atomic E-state index is 13.6. The Morgan fingerprint density at radius 3 is 2.78 bits per heavy atom. The average molecular weight is 393 g/mol. The van der Waals surface area contributed by atoms with Gasteiger partial charge in [-0.25, -0.2) is 4.39 Å². The summed E-state index contributed by atoms with van der Waals surface area (Å²) in [5.41, 5.74) is 1.17. The molecule has 0 unspecified atom stereocenters. The number of nitrogens with zero attached hydrogens (tertiary/aromatic N) is 1. The molecule has 1 N–H and O–H groups in total. The van der Waals surface area contributed by atoms with Gasteiger partial charge in [0.05, 0.1) is 6.04 Å². The molecule has 2 atom stereocenters. The van der Waals surface area contributed by atoms with Gasteiger partial charge in [-0.1, -0.05) is 15.9 Å². The second kappa shape index (κ2) is 5.18. The fourth-order valence-corrected chi connectivity index (χ4v) is 4.03. The molecule has 2 heterocycles. The monoisotopic (exact) mass is 392 g/mol. The predicted molar refractivity (Wildman–Crippen MR) is 95.1 cm³/mol. The molecule has 0 spiro atoms. The number of thiocarbonyl (C=S) groups is 1. The lowest BCUT2D eigenvalue weighted by Crippen LogP contribution is -2.65. The highest BCUT2D eigenvalue weighted by Crippen LogP contribution is 2.45. The van der Waals surface area contributed by atoms with Crippen molar-refractivity contribution >= 4 is 38.9 Å². The van der Waals surface area contributed by atoms with Crippen LogP contribution in [0.25, 0.3) is 0 Å². The first kappa shape index (κ1) is 14.9. The maximum absolute atomic E-state index is 13.6. The number of hydrogen-bond donors (Lipinski definition) is 1. The first-order valence-electron chi connectivity index (χ1n) is 7.31. The van der Waals surface area contributed by atoms with Crippen LogP contribution in [0.15, 0.2) is 46.9 Å². The number of fused-ring (bicyclic) bond motifs is 4. The molecule has 0 amide bonds. The van der Waals surface area contributed by atoms with Crippen LogP contribution < -0.4 is 15.0 Å². The molecule has 23 heavy (non-hydrogen) atoms. The largest absolute Gasteiger partial charge is 0.467 e. The van der Waals surface area contributed by atoms with Crippen LogP contribution in [0.4, 0.5) is 10.1 Å². The van der Waals surface area contributed by atoms with Crippen molar-refractivity contribution in [2.24, 2.45) is 0 Å². The van der Waals surface area contributed by atoms with E-state index in [-0.39, 0.29) is 11.9 Å². The van der Waals surface area contributed by atoms with Crippen molar-refractivity contribution in [1.82, 2.24) is 5.32 Å². The van der Waals surface area contributed by atoms with Gasteiger partial charge in [0.1, 0.15) is 11.6 Å². The highest BCUT2D eigenvalue weighted by Gasteiger charge is 2.48. The van der Waals surface area contributed by atoms with Gasteiger partial charge in [0.15, 0.2) is 10.8 Å². The van der Waals surface area contributed by atoms with E-state index in [4.69, 9.17) is 17.0 Å². The fraction of sp³-hybridized carbons (Fsp3) is 0.235. The Hall–Kier alpha value is -1.66. The highest BCUT2D eigenvalue weighted by atomic mass is 79.9. The minimum Gasteiger partial charge on any atom is -0.467 e. The van der Waals surface area contributed by atoms with Crippen molar-refractivity contribution in [1.29, 1.82) is 0 Å². The molecular formula is C17H14BrFN2OS. The molecule has 0 radical (unpaired) electrons. The number of anilines is 1. The third-order valence-electron chi connectivity index (χ3n) is 4.32. The van der Waals surface area contributed by atoms with E-state index in [1.165, 1.54) is 12.1 Å². The normalized spacial score (nSPS) is 25.4. The molecule has 1 saturated heterocycles. The Labute approximate surface area is 147 Å². The van der Waals surface area contributed by atoms with Crippen molar-refractivity contribution in [3.05, 3.63) is 58.3 Å². The van der Waals surface area contributed by atoms with Crippen molar-refractivity contribution in [3.63, 3.8) is 0 Å². The standard InChI is InChI=1S/C17H14BrFN2OS/c1-17-9-14(13-8-11(19)4-7-15(13)22-17)20-16(23)21(17)12-5-2-10(18)3-6-12/h2-8,14H,9H2,1H3,(H,20,23)/t14-,17-/m1/s1. The topological polar surface area (TPSA) is 24.5 Å². The molecule has 0 saturated carbocycles. The average Bonchev–Trinajstić information content (AvgIpc) is 2.49. The minimum atomic E-state index is -0.605. The maximum Gasteiger partial charge on any atom is 0.188 e. The Balaban J connectivity index is 1.79. The molecular weight excluding hydrogens is 379 g/mol. The SMILES string of the molecule is C[C@@]12C[C@@H](NC(=S)N1c1ccc(Br)cc1)c1cc(F)ccc1O2. The van der Waals surface area contributed by atoms with Crippen LogP contribution >= 0.6 is 28.1 Å². The molecule has 4 rings (SSSR count). The second-order valence-corrected chi connectivity index (χ2v) is 7.28. The van der Waals surface area contributed by atoms with E-state index in [9.17, 15) is 4.39 Å².